The molecule has 0 fully saturated rings. The number of nitrogens with one attached hydrogen (secondary N) is 1. The number of amides is 1. The summed E-state index contributed by atoms with van der Waals surface area (Å²) in [6.07, 6.45) is 2.85. The molecule has 2 aromatic rings. The van der Waals surface area contributed by atoms with Crippen LogP contribution >= 0.6 is 0 Å². The van der Waals surface area contributed by atoms with E-state index >= 15 is 0 Å². The molecule has 0 saturated carbocycles. The number of carboxylic acids is 1. The summed E-state index contributed by atoms with van der Waals surface area (Å²) >= 11 is 0. The van der Waals surface area contributed by atoms with E-state index in [0.717, 1.165) is 5.01 Å². The number of hydrazone groups is 1. The molecule has 96 valence electrons. The Hall–Kier alpha value is -2.84. The molecule has 0 saturated heterocycles. The molecule has 0 radical (unpaired) electrons. The fraction of sp³-hybridized carbons (Fsp3) is 0.200. The molecule has 9 heteroatoms. The summed E-state index contributed by atoms with van der Waals surface area (Å²) in [7, 11) is 0. The predicted octanol–water partition coefficient (Wildman–Crippen LogP) is -0.0797. The van der Waals surface area contributed by atoms with E-state index in [2.05, 4.69) is 25.0 Å². The summed E-state index contributed by atoms with van der Waals surface area (Å²) < 4.78 is 0. The van der Waals surface area contributed by atoms with Gasteiger partial charge in [-0.1, -0.05) is 0 Å². The van der Waals surface area contributed by atoms with Crippen LogP contribution in [0.25, 0.3) is 11.2 Å². The Kier molecular flexibility index (Phi) is 2.44. The predicted molar refractivity (Wildman–Crippen MR) is 63.5 cm³/mol. The van der Waals surface area contributed by atoms with E-state index in [0.29, 0.717) is 11.2 Å². The minimum absolute atomic E-state index is 0.0742. The first-order chi connectivity index (χ1) is 9.16. The molecule has 3 rings (SSSR count). The van der Waals surface area contributed by atoms with Gasteiger partial charge in [-0.3, -0.25) is 4.79 Å². The third kappa shape index (κ3) is 1.80. The molecule has 19 heavy (non-hydrogen) atoms. The number of carbonyl (C=O) groups excluding carboxylic acids is 1. The van der Waals surface area contributed by atoms with Crippen molar-refractivity contribution in [2.45, 2.75) is 12.8 Å². The van der Waals surface area contributed by atoms with Crippen molar-refractivity contribution in [2.24, 2.45) is 5.10 Å². The summed E-state index contributed by atoms with van der Waals surface area (Å²) in [5.41, 5.74) is 0.743. The number of carboxylic acid groups (broad SMARTS) is 1. The summed E-state index contributed by atoms with van der Waals surface area (Å²) in [5, 5.41) is 13.7. The number of imidazole rings is 1. The van der Waals surface area contributed by atoms with Crippen molar-refractivity contribution in [1.82, 2.24) is 19.9 Å². The quantitative estimate of drug-likeness (QED) is 0.778. The standard InChI is InChI=1S/C10H8N6O3/c17-6-2-1-5(10(18)19)15-16(6)9-7-8(12-3-11-7)13-4-14-9/h3-4H,1-2H2,(H,18,19)(H,11,12,13,14). The van der Waals surface area contributed by atoms with E-state index in [1.54, 1.807) is 0 Å². The maximum Gasteiger partial charge on any atom is 0.352 e. The van der Waals surface area contributed by atoms with Crippen LogP contribution in [0.5, 0.6) is 0 Å². The number of rotatable bonds is 2. The molecule has 0 aromatic carbocycles. The number of fused-ring (bicyclic) bond motifs is 1. The van der Waals surface area contributed by atoms with Crippen LogP contribution in [-0.2, 0) is 9.59 Å². The third-order valence-electron chi connectivity index (χ3n) is 2.68. The molecular weight excluding hydrogens is 252 g/mol. The molecule has 0 unspecified atom stereocenters. The highest BCUT2D eigenvalue weighted by atomic mass is 16.4. The lowest BCUT2D eigenvalue weighted by molar-refractivity contribution is -0.129. The van der Waals surface area contributed by atoms with E-state index in [1.807, 2.05) is 0 Å². The van der Waals surface area contributed by atoms with E-state index in [9.17, 15) is 9.59 Å². The maximum absolute atomic E-state index is 11.9. The number of H-pyrrole nitrogens is 1. The number of hydrogen-bond acceptors (Lipinski definition) is 6. The largest absolute Gasteiger partial charge is 0.477 e. The molecule has 1 amide bonds. The average molecular weight is 260 g/mol. The van der Waals surface area contributed by atoms with Crippen LogP contribution < -0.4 is 5.01 Å². The fourth-order valence-electron chi connectivity index (χ4n) is 1.79. The lowest BCUT2D eigenvalue weighted by atomic mass is 10.1. The Morgan fingerprint density at radius 2 is 2.16 bits per heavy atom. The van der Waals surface area contributed by atoms with Gasteiger partial charge in [-0.25, -0.2) is 19.7 Å². The first kappa shape index (κ1) is 11.3. The first-order valence-electron chi connectivity index (χ1n) is 5.44. The van der Waals surface area contributed by atoms with E-state index in [4.69, 9.17) is 5.11 Å². The number of aromatic nitrogens is 4. The smallest absolute Gasteiger partial charge is 0.352 e. The van der Waals surface area contributed by atoms with Gasteiger partial charge in [-0.2, -0.15) is 10.1 Å². The minimum Gasteiger partial charge on any atom is -0.477 e. The Bertz CT molecular complexity index is 706. The number of carbonyl (C=O) groups is 2. The van der Waals surface area contributed by atoms with Crippen molar-refractivity contribution in [1.29, 1.82) is 0 Å². The third-order valence-corrected chi connectivity index (χ3v) is 2.68. The normalized spacial score (nSPS) is 15.7. The lowest BCUT2D eigenvalue weighted by Gasteiger charge is -2.20. The molecule has 1 aliphatic heterocycles. The van der Waals surface area contributed by atoms with Crippen molar-refractivity contribution in [3.05, 3.63) is 12.7 Å². The molecule has 3 heterocycles. The zero-order chi connectivity index (χ0) is 13.4. The maximum atomic E-state index is 11.9. The van der Waals surface area contributed by atoms with Crippen LogP contribution in [0.4, 0.5) is 5.82 Å². The Morgan fingerprint density at radius 1 is 1.32 bits per heavy atom. The second-order valence-corrected chi connectivity index (χ2v) is 3.86. The van der Waals surface area contributed by atoms with Crippen LogP contribution in [0.1, 0.15) is 12.8 Å². The topological polar surface area (TPSA) is 124 Å². The lowest BCUT2D eigenvalue weighted by Crippen LogP contribution is -2.34. The Morgan fingerprint density at radius 3 is 2.95 bits per heavy atom. The average Bonchev–Trinajstić information content (AvgIpc) is 2.87. The van der Waals surface area contributed by atoms with Crippen LogP contribution in [0.15, 0.2) is 17.8 Å². The van der Waals surface area contributed by atoms with Crippen LogP contribution in [0.2, 0.25) is 0 Å². The zero-order valence-corrected chi connectivity index (χ0v) is 9.57. The highest BCUT2D eigenvalue weighted by Crippen LogP contribution is 2.23. The fourth-order valence-corrected chi connectivity index (χ4v) is 1.79. The minimum atomic E-state index is -1.15. The summed E-state index contributed by atoms with van der Waals surface area (Å²) in [6, 6.07) is 0. The molecule has 0 bridgehead atoms. The van der Waals surface area contributed by atoms with Crippen LogP contribution in [0, 0.1) is 0 Å². The van der Waals surface area contributed by atoms with Gasteiger partial charge in [0, 0.05) is 12.8 Å². The molecule has 2 aromatic heterocycles. The molecule has 0 atom stereocenters. The van der Waals surface area contributed by atoms with Crippen molar-refractivity contribution in [2.75, 3.05) is 5.01 Å². The van der Waals surface area contributed by atoms with Crippen molar-refractivity contribution < 1.29 is 14.7 Å². The number of anilines is 1. The number of hydrogen-bond donors (Lipinski definition) is 2. The van der Waals surface area contributed by atoms with Crippen molar-refractivity contribution >= 4 is 34.6 Å². The van der Waals surface area contributed by atoms with Crippen LogP contribution in [-0.4, -0.2) is 42.6 Å². The zero-order valence-electron chi connectivity index (χ0n) is 9.57. The Labute approximate surface area is 106 Å². The second kappa shape index (κ2) is 4.12. The highest BCUT2D eigenvalue weighted by Gasteiger charge is 2.27. The first-order valence-corrected chi connectivity index (χ1v) is 5.44. The summed E-state index contributed by atoms with van der Waals surface area (Å²) in [5.74, 6) is -1.27. The van der Waals surface area contributed by atoms with Gasteiger partial charge < -0.3 is 10.1 Å². The molecule has 0 spiro atoms. The van der Waals surface area contributed by atoms with Crippen molar-refractivity contribution in [3.63, 3.8) is 0 Å². The van der Waals surface area contributed by atoms with E-state index in [-0.39, 0.29) is 30.3 Å². The SMILES string of the molecule is O=C(O)C1=NN(c2ncnc3nc[nH]c23)C(=O)CC1. The second-order valence-electron chi connectivity index (χ2n) is 3.86. The highest BCUT2D eigenvalue weighted by molar-refractivity contribution is 6.37. The van der Waals surface area contributed by atoms with Gasteiger partial charge >= 0.3 is 5.97 Å². The van der Waals surface area contributed by atoms with Crippen molar-refractivity contribution in [3.8, 4) is 0 Å². The van der Waals surface area contributed by atoms with Gasteiger partial charge in [0.05, 0.1) is 6.33 Å². The summed E-state index contributed by atoms with van der Waals surface area (Å²) in [4.78, 5) is 37.4. The van der Waals surface area contributed by atoms with E-state index in [1.165, 1.54) is 12.7 Å². The van der Waals surface area contributed by atoms with Gasteiger partial charge in [0.25, 0.3) is 0 Å². The molecular formula is C10H8N6O3. The molecule has 2 N–H and O–H groups in total. The Balaban J connectivity index is 2.14. The molecule has 9 nitrogen and oxygen atoms in total. The van der Waals surface area contributed by atoms with Gasteiger partial charge in [-0.05, 0) is 0 Å². The van der Waals surface area contributed by atoms with E-state index < -0.39 is 5.97 Å². The van der Waals surface area contributed by atoms with Crippen LogP contribution in [0.3, 0.4) is 0 Å². The van der Waals surface area contributed by atoms with Gasteiger partial charge in [0.1, 0.15) is 17.6 Å². The molecule has 1 aliphatic rings. The number of aromatic amines is 1. The number of aliphatic carboxylic acids is 1. The molecule has 0 aliphatic carbocycles. The summed E-state index contributed by atoms with van der Waals surface area (Å²) in [6.45, 7) is 0. The number of nitrogens with zero attached hydrogens (tertiary/aromatic N) is 5. The van der Waals surface area contributed by atoms with Gasteiger partial charge in [0.15, 0.2) is 11.5 Å². The monoisotopic (exact) mass is 260 g/mol. The van der Waals surface area contributed by atoms with Gasteiger partial charge in [-0.15, -0.1) is 0 Å². The van der Waals surface area contributed by atoms with Gasteiger partial charge in [0.2, 0.25) is 5.91 Å².